The van der Waals surface area contributed by atoms with Crippen LogP contribution in [-0.4, -0.2) is 31.8 Å². The van der Waals surface area contributed by atoms with E-state index in [-0.39, 0.29) is 24.9 Å². The number of aliphatic hydroxyl groups excluding tert-OH is 1. The van der Waals surface area contributed by atoms with Crippen molar-refractivity contribution in [3.8, 4) is 16.9 Å². The summed E-state index contributed by atoms with van der Waals surface area (Å²) in [5, 5.41) is 15.9. The molecule has 0 aliphatic heterocycles. The van der Waals surface area contributed by atoms with Gasteiger partial charge in [-0.15, -0.1) is 0 Å². The molecule has 4 rings (SSSR count). The van der Waals surface area contributed by atoms with Crippen molar-refractivity contribution in [1.29, 1.82) is 0 Å². The third kappa shape index (κ3) is 4.49. The fraction of sp³-hybridized carbons (Fsp3) is 0.240. The van der Waals surface area contributed by atoms with E-state index in [0.717, 1.165) is 33.3 Å². The second-order valence-corrected chi connectivity index (χ2v) is 7.82. The number of carbonyl (C=O) groups is 1. The van der Waals surface area contributed by atoms with E-state index in [1.807, 2.05) is 57.3 Å². The van der Waals surface area contributed by atoms with Crippen LogP contribution in [0.4, 0.5) is 0 Å². The molecule has 2 aromatic heterocycles. The summed E-state index contributed by atoms with van der Waals surface area (Å²) in [5.41, 5.74) is 3.97. The molecular weight excluding hydrogens is 390 g/mol. The molecule has 2 aromatic carbocycles. The second-order valence-electron chi connectivity index (χ2n) is 7.82. The van der Waals surface area contributed by atoms with Crippen LogP contribution in [0.25, 0.3) is 21.9 Å². The number of ether oxygens (including phenoxy) is 1. The third-order valence-electron chi connectivity index (χ3n) is 5.19. The molecule has 0 saturated carbocycles. The Morgan fingerprint density at radius 1 is 1.06 bits per heavy atom. The summed E-state index contributed by atoms with van der Waals surface area (Å²) >= 11 is 0. The molecule has 0 atom stereocenters. The number of hydrogen-bond donors (Lipinski definition) is 1. The van der Waals surface area contributed by atoms with Crippen molar-refractivity contribution in [2.75, 3.05) is 0 Å². The molecule has 0 amide bonds. The molecular formula is C25H25N3O3. The van der Waals surface area contributed by atoms with Gasteiger partial charge in [0.05, 0.1) is 31.0 Å². The zero-order chi connectivity index (χ0) is 22.0. The van der Waals surface area contributed by atoms with E-state index in [9.17, 15) is 9.90 Å². The average molecular weight is 415 g/mol. The Labute approximate surface area is 181 Å². The Morgan fingerprint density at radius 3 is 2.55 bits per heavy atom. The third-order valence-corrected chi connectivity index (χ3v) is 5.19. The molecule has 4 aromatic rings. The SMILES string of the molecule is CC(C)Oc1ccc(C(=O)Cc2cc3cc(-c4cnn(C)c4CO)ccc3cn2)cc1. The summed E-state index contributed by atoms with van der Waals surface area (Å²) in [6.45, 7) is 3.85. The smallest absolute Gasteiger partial charge is 0.168 e. The van der Waals surface area contributed by atoms with E-state index in [1.54, 1.807) is 29.2 Å². The van der Waals surface area contributed by atoms with Gasteiger partial charge < -0.3 is 9.84 Å². The van der Waals surface area contributed by atoms with Crippen molar-refractivity contribution in [3.63, 3.8) is 0 Å². The summed E-state index contributed by atoms with van der Waals surface area (Å²) < 4.78 is 7.31. The number of aliphatic hydroxyl groups is 1. The summed E-state index contributed by atoms with van der Waals surface area (Å²) in [6.07, 6.45) is 3.86. The Hall–Kier alpha value is -3.51. The number of nitrogens with zero attached hydrogens (tertiary/aromatic N) is 3. The van der Waals surface area contributed by atoms with Crippen LogP contribution in [0, 0.1) is 0 Å². The molecule has 0 radical (unpaired) electrons. The number of hydrogen-bond acceptors (Lipinski definition) is 5. The number of carbonyl (C=O) groups excluding carboxylic acids is 1. The fourth-order valence-electron chi connectivity index (χ4n) is 3.60. The van der Waals surface area contributed by atoms with Gasteiger partial charge in [-0.3, -0.25) is 14.5 Å². The molecule has 158 valence electrons. The number of aromatic nitrogens is 3. The maximum atomic E-state index is 12.7. The molecule has 31 heavy (non-hydrogen) atoms. The molecule has 6 heteroatoms. The quantitative estimate of drug-likeness (QED) is 0.454. The predicted molar refractivity (Wildman–Crippen MR) is 120 cm³/mol. The van der Waals surface area contributed by atoms with E-state index < -0.39 is 0 Å². The van der Waals surface area contributed by atoms with Gasteiger partial charge in [0.1, 0.15) is 5.75 Å². The maximum absolute atomic E-state index is 12.7. The largest absolute Gasteiger partial charge is 0.491 e. The molecule has 0 fully saturated rings. The van der Waals surface area contributed by atoms with E-state index >= 15 is 0 Å². The summed E-state index contributed by atoms with van der Waals surface area (Å²) in [6, 6.07) is 15.2. The van der Waals surface area contributed by atoms with Gasteiger partial charge in [0.15, 0.2) is 5.78 Å². The molecule has 0 aliphatic rings. The normalized spacial score (nSPS) is 11.3. The lowest BCUT2D eigenvalue weighted by molar-refractivity contribution is 0.0992. The van der Waals surface area contributed by atoms with Crippen LogP contribution >= 0.6 is 0 Å². The molecule has 0 unspecified atom stereocenters. The zero-order valence-electron chi connectivity index (χ0n) is 17.9. The Morgan fingerprint density at radius 2 is 1.84 bits per heavy atom. The van der Waals surface area contributed by atoms with Crippen molar-refractivity contribution < 1.29 is 14.6 Å². The van der Waals surface area contributed by atoms with Gasteiger partial charge >= 0.3 is 0 Å². The van der Waals surface area contributed by atoms with Gasteiger partial charge in [-0.25, -0.2) is 0 Å². The van der Waals surface area contributed by atoms with Crippen LogP contribution < -0.4 is 4.74 Å². The lowest BCUT2D eigenvalue weighted by atomic mass is 10.0. The second kappa shape index (κ2) is 8.70. The van der Waals surface area contributed by atoms with Crippen LogP contribution in [0.3, 0.4) is 0 Å². The van der Waals surface area contributed by atoms with Gasteiger partial charge in [0, 0.05) is 35.5 Å². The van der Waals surface area contributed by atoms with Crippen LogP contribution in [-0.2, 0) is 20.1 Å². The number of pyridine rings is 1. The minimum absolute atomic E-state index is 0.00827. The van der Waals surface area contributed by atoms with Gasteiger partial charge in [-0.1, -0.05) is 12.1 Å². The summed E-state index contributed by atoms with van der Waals surface area (Å²) in [4.78, 5) is 17.2. The van der Waals surface area contributed by atoms with Gasteiger partial charge in [-0.05, 0) is 61.2 Å². The topological polar surface area (TPSA) is 77.2 Å². The van der Waals surface area contributed by atoms with Gasteiger partial charge in [-0.2, -0.15) is 5.10 Å². The molecule has 2 heterocycles. The van der Waals surface area contributed by atoms with E-state index in [2.05, 4.69) is 10.1 Å². The number of rotatable bonds is 7. The van der Waals surface area contributed by atoms with Crippen LogP contribution in [0.15, 0.2) is 60.9 Å². The number of fused-ring (bicyclic) bond motifs is 1. The number of ketones is 1. The molecule has 1 N–H and O–H groups in total. The molecule has 6 nitrogen and oxygen atoms in total. The molecule has 0 aliphatic carbocycles. The molecule has 0 spiro atoms. The van der Waals surface area contributed by atoms with Crippen molar-refractivity contribution in [2.24, 2.45) is 7.05 Å². The standard InChI is InChI=1S/C25H25N3O3/c1-16(2)31-22-8-6-17(7-9-22)25(30)12-21-11-20-10-18(4-5-19(20)13-26-21)23-14-27-28(3)24(23)15-29/h4-11,13-14,16,29H,12,15H2,1-3H3. The monoisotopic (exact) mass is 415 g/mol. The minimum Gasteiger partial charge on any atom is -0.491 e. The maximum Gasteiger partial charge on any atom is 0.168 e. The lowest BCUT2D eigenvalue weighted by Crippen LogP contribution is -2.07. The van der Waals surface area contributed by atoms with E-state index in [4.69, 9.17) is 4.74 Å². The first-order chi connectivity index (χ1) is 14.9. The Kier molecular flexibility index (Phi) is 5.82. The minimum atomic E-state index is -0.0824. The molecule has 0 bridgehead atoms. The lowest BCUT2D eigenvalue weighted by Gasteiger charge is -2.10. The predicted octanol–water partition coefficient (Wildman–Crippen LogP) is 4.34. The van der Waals surface area contributed by atoms with Crippen molar-refractivity contribution in [2.45, 2.75) is 33.0 Å². The average Bonchev–Trinajstić information content (AvgIpc) is 3.13. The van der Waals surface area contributed by atoms with Crippen LogP contribution in [0.2, 0.25) is 0 Å². The number of Topliss-reactive ketones (excluding diaryl/α,β-unsaturated/α-hetero) is 1. The highest BCUT2D eigenvalue weighted by molar-refractivity contribution is 5.98. The van der Waals surface area contributed by atoms with Crippen molar-refractivity contribution in [3.05, 3.63) is 77.9 Å². The van der Waals surface area contributed by atoms with Crippen LogP contribution in [0.1, 0.15) is 35.6 Å². The van der Waals surface area contributed by atoms with Gasteiger partial charge in [0.2, 0.25) is 0 Å². The van der Waals surface area contributed by atoms with E-state index in [1.165, 1.54) is 0 Å². The first-order valence-corrected chi connectivity index (χ1v) is 10.3. The molecule has 0 saturated heterocycles. The first kappa shape index (κ1) is 20.8. The fourth-order valence-corrected chi connectivity index (χ4v) is 3.60. The highest BCUT2D eigenvalue weighted by Crippen LogP contribution is 2.27. The number of aryl methyl sites for hydroxylation is 1. The van der Waals surface area contributed by atoms with Crippen molar-refractivity contribution in [1.82, 2.24) is 14.8 Å². The number of benzene rings is 2. The van der Waals surface area contributed by atoms with E-state index in [0.29, 0.717) is 11.3 Å². The van der Waals surface area contributed by atoms with Gasteiger partial charge in [0.25, 0.3) is 0 Å². The van der Waals surface area contributed by atoms with Crippen molar-refractivity contribution >= 4 is 16.6 Å². The highest BCUT2D eigenvalue weighted by Gasteiger charge is 2.12. The zero-order valence-corrected chi connectivity index (χ0v) is 17.9. The summed E-state index contributed by atoms with van der Waals surface area (Å²) in [5.74, 6) is 0.759. The Balaban J connectivity index is 1.57. The summed E-state index contributed by atoms with van der Waals surface area (Å²) in [7, 11) is 1.81. The van der Waals surface area contributed by atoms with Crippen LogP contribution in [0.5, 0.6) is 5.75 Å². The Bertz CT molecular complexity index is 1230. The first-order valence-electron chi connectivity index (χ1n) is 10.3. The highest BCUT2D eigenvalue weighted by atomic mass is 16.5.